The largest absolute Gasteiger partial charge is 0.478 e. The smallest absolute Gasteiger partial charge is 0.335 e. The predicted octanol–water partition coefficient (Wildman–Crippen LogP) is 3.78. The molecule has 0 amide bonds. The number of benzene rings is 2. The third kappa shape index (κ3) is 2.87. The van der Waals surface area contributed by atoms with Crippen LogP contribution in [0.2, 0.25) is 5.02 Å². The molecule has 0 atom stereocenters. The molecule has 5 nitrogen and oxygen atoms in total. The zero-order valence-corrected chi connectivity index (χ0v) is 14.1. The van der Waals surface area contributed by atoms with Crippen LogP contribution in [0.15, 0.2) is 48.5 Å². The minimum Gasteiger partial charge on any atom is -0.478 e. The van der Waals surface area contributed by atoms with Crippen molar-refractivity contribution in [3.8, 4) is 5.69 Å². The number of nitrogens with one attached hydrogen (secondary N) is 1. The Balaban J connectivity index is 1.77. The van der Waals surface area contributed by atoms with Crippen molar-refractivity contribution in [3.63, 3.8) is 0 Å². The summed E-state index contributed by atoms with van der Waals surface area (Å²) in [6.07, 6.45) is 1.54. The maximum atomic E-state index is 11.2. The van der Waals surface area contributed by atoms with Gasteiger partial charge in [-0.1, -0.05) is 35.9 Å². The molecular formula is C19H16ClN3O2. The van der Waals surface area contributed by atoms with Gasteiger partial charge in [-0.2, -0.15) is 5.10 Å². The van der Waals surface area contributed by atoms with Crippen molar-refractivity contribution >= 4 is 23.4 Å². The Hall–Kier alpha value is -2.79. The van der Waals surface area contributed by atoms with Gasteiger partial charge in [0.1, 0.15) is 5.82 Å². The SMILES string of the molecule is O=C(O)c1cccc(-n2nc(Cc3ccccc3Cl)c3c2NCC3)c1. The van der Waals surface area contributed by atoms with E-state index in [1.807, 2.05) is 30.3 Å². The van der Waals surface area contributed by atoms with Crippen LogP contribution in [0.4, 0.5) is 5.82 Å². The van der Waals surface area contributed by atoms with E-state index >= 15 is 0 Å². The first-order valence-corrected chi connectivity index (χ1v) is 8.43. The Bertz CT molecular complexity index is 965. The molecule has 0 aliphatic carbocycles. The molecule has 25 heavy (non-hydrogen) atoms. The lowest BCUT2D eigenvalue weighted by molar-refractivity contribution is 0.0697. The molecule has 0 spiro atoms. The van der Waals surface area contributed by atoms with Gasteiger partial charge in [0.05, 0.1) is 16.9 Å². The lowest BCUT2D eigenvalue weighted by Crippen LogP contribution is -2.06. The van der Waals surface area contributed by atoms with E-state index in [9.17, 15) is 9.90 Å². The Labute approximate surface area is 149 Å². The lowest BCUT2D eigenvalue weighted by atomic mass is 10.1. The summed E-state index contributed by atoms with van der Waals surface area (Å²) in [5.74, 6) is -0.0144. The van der Waals surface area contributed by atoms with Crippen molar-refractivity contribution in [2.24, 2.45) is 0 Å². The number of carbonyl (C=O) groups is 1. The molecule has 0 saturated carbocycles. The molecule has 4 rings (SSSR count). The summed E-state index contributed by atoms with van der Waals surface area (Å²) in [5.41, 5.74) is 4.14. The topological polar surface area (TPSA) is 67.1 Å². The van der Waals surface area contributed by atoms with Crippen LogP contribution >= 0.6 is 11.6 Å². The summed E-state index contributed by atoms with van der Waals surface area (Å²) in [4.78, 5) is 11.2. The van der Waals surface area contributed by atoms with E-state index in [1.54, 1.807) is 22.9 Å². The molecule has 2 heterocycles. The summed E-state index contributed by atoms with van der Waals surface area (Å²) in [6, 6.07) is 14.6. The van der Waals surface area contributed by atoms with Gasteiger partial charge in [0.25, 0.3) is 0 Å². The zero-order chi connectivity index (χ0) is 17.4. The van der Waals surface area contributed by atoms with E-state index in [1.165, 1.54) is 5.56 Å². The minimum atomic E-state index is -0.949. The van der Waals surface area contributed by atoms with Gasteiger partial charge in [0, 0.05) is 23.6 Å². The summed E-state index contributed by atoms with van der Waals surface area (Å²) in [6.45, 7) is 0.849. The lowest BCUT2D eigenvalue weighted by Gasteiger charge is -2.07. The number of carboxylic acid groups (broad SMARTS) is 1. The Morgan fingerprint density at radius 3 is 2.88 bits per heavy atom. The number of halogens is 1. The second kappa shape index (κ2) is 6.26. The monoisotopic (exact) mass is 353 g/mol. The molecule has 3 aromatic rings. The quantitative estimate of drug-likeness (QED) is 0.749. The van der Waals surface area contributed by atoms with Gasteiger partial charge in [-0.05, 0) is 36.2 Å². The normalized spacial score (nSPS) is 12.7. The van der Waals surface area contributed by atoms with Gasteiger partial charge in [-0.25, -0.2) is 9.48 Å². The van der Waals surface area contributed by atoms with E-state index in [0.717, 1.165) is 40.8 Å². The molecule has 0 unspecified atom stereocenters. The Morgan fingerprint density at radius 2 is 2.08 bits per heavy atom. The average molecular weight is 354 g/mol. The third-order valence-electron chi connectivity index (χ3n) is 4.39. The number of aromatic carboxylic acids is 1. The fourth-order valence-electron chi connectivity index (χ4n) is 3.17. The first-order valence-electron chi connectivity index (χ1n) is 8.05. The fraction of sp³-hybridized carbons (Fsp3) is 0.158. The molecule has 1 aliphatic rings. The molecule has 0 bridgehead atoms. The van der Waals surface area contributed by atoms with Gasteiger partial charge >= 0.3 is 5.97 Å². The van der Waals surface area contributed by atoms with E-state index < -0.39 is 5.97 Å². The minimum absolute atomic E-state index is 0.243. The molecule has 0 saturated heterocycles. The van der Waals surface area contributed by atoms with Gasteiger partial charge in [0.15, 0.2) is 0 Å². The van der Waals surface area contributed by atoms with Crippen molar-refractivity contribution < 1.29 is 9.90 Å². The summed E-state index contributed by atoms with van der Waals surface area (Å²) in [7, 11) is 0. The number of rotatable bonds is 4. The molecule has 1 aliphatic heterocycles. The third-order valence-corrected chi connectivity index (χ3v) is 4.76. The Morgan fingerprint density at radius 1 is 1.24 bits per heavy atom. The van der Waals surface area contributed by atoms with Crippen LogP contribution in [0, 0.1) is 0 Å². The highest BCUT2D eigenvalue weighted by molar-refractivity contribution is 6.31. The molecule has 0 radical (unpaired) electrons. The fourth-order valence-corrected chi connectivity index (χ4v) is 3.37. The van der Waals surface area contributed by atoms with E-state index in [-0.39, 0.29) is 5.56 Å². The van der Waals surface area contributed by atoms with Crippen LogP contribution in [0.3, 0.4) is 0 Å². The van der Waals surface area contributed by atoms with E-state index in [2.05, 4.69) is 5.32 Å². The van der Waals surface area contributed by atoms with Crippen LogP contribution in [-0.2, 0) is 12.8 Å². The highest BCUT2D eigenvalue weighted by Crippen LogP contribution is 2.31. The first-order chi connectivity index (χ1) is 12.1. The number of aromatic nitrogens is 2. The standard InChI is InChI=1S/C19H16ClN3O2/c20-16-7-2-1-4-12(16)11-17-15-8-9-21-18(15)23(22-17)14-6-3-5-13(10-14)19(24)25/h1-7,10,21H,8-9,11H2,(H,24,25). The Kier molecular flexibility index (Phi) is 3.93. The molecule has 6 heteroatoms. The van der Waals surface area contributed by atoms with Crippen LogP contribution in [0.1, 0.15) is 27.2 Å². The first kappa shape index (κ1) is 15.7. The van der Waals surface area contributed by atoms with Crippen molar-refractivity contribution in [1.29, 1.82) is 0 Å². The van der Waals surface area contributed by atoms with Crippen LogP contribution in [0.25, 0.3) is 5.69 Å². The van der Waals surface area contributed by atoms with Crippen LogP contribution in [-0.4, -0.2) is 27.4 Å². The summed E-state index contributed by atoms with van der Waals surface area (Å²) >= 11 is 6.29. The zero-order valence-electron chi connectivity index (χ0n) is 13.4. The van der Waals surface area contributed by atoms with Crippen molar-refractivity contribution in [1.82, 2.24) is 9.78 Å². The second-order valence-electron chi connectivity index (χ2n) is 5.99. The van der Waals surface area contributed by atoms with Crippen LogP contribution in [0.5, 0.6) is 0 Å². The van der Waals surface area contributed by atoms with Gasteiger partial charge in [-0.3, -0.25) is 0 Å². The molecule has 1 aromatic heterocycles. The van der Waals surface area contributed by atoms with Crippen molar-refractivity contribution in [2.45, 2.75) is 12.8 Å². The number of fused-ring (bicyclic) bond motifs is 1. The second-order valence-corrected chi connectivity index (χ2v) is 6.39. The highest BCUT2D eigenvalue weighted by atomic mass is 35.5. The summed E-state index contributed by atoms with van der Waals surface area (Å²) < 4.78 is 1.79. The van der Waals surface area contributed by atoms with Crippen LogP contribution < -0.4 is 5.32 Å². The molecule has 0 fully saturated rings. The number of hydrogen-bond acceptors (Lipinski definition) is 3. The molecule has 2 N–H and O–H groups in total. The van der Waals surface area contributed by atoms with Crippen molar-refractivity contribution in [2.75, 3.05) is 11.9 Å². The van der Waals surface area contributed by atoms with E-state index in [0.29, 0.717) is 6.42 Å². The van der Waals surface area contributed by atoms with Crippen molar-refractivity contribution in [3.05, 3.63) is 75.9 Å². The maximum Gasteiger partial charge on any atom is 0.335 e. The highest BCUT2D eigenvalue weighted by Gasteiger charge is 2.23. The predicted molar refractivity (Wildman–Crippen MR) is 97.0 cm³/mol. The molecule has 2 aromatic carbocycles. The number of nitrogens with zero attached hydrogens (tertiary/aromatic N) is 2. The molecule has 126 valence electrons. The number of anilines is 1. The van der Waals surface area contributed by atoms with E-state index in [4.69, 9.17) is 16.7 Å². The van der Waals surface area contributed by atoms with Gasteiger partial charge in [0.2, 0.25) is 0 Å². The number of carboxylic acids is 1. The molecular weight excluding hydrogens is 338 g/mol. The van der Waals surface area contributed by atoms with Gasteiger partial charge in [-0.15, -0.1) is 0 Å². The average Bonchev–Trinajstić information content (AvgIpc) is 3.21. The summed E-state index contributed by atoms with van der Waals surface area (Å²) in [5, 5.41) is 18.0. The maximum absolute atomic E-state index is 11.2. The van der Waals surface area contributed by atoms with Gasteiger partial charge < -0.3 is 10.4 Å². The number of hydrogen-bond donors (Lipinski definition) is 2.